The second-order valence-corrected chi connectivity index (χ2v) is 20.4. The molecule has 6 unspecified atom stereocenters. The van der Waals surface area contributed by atoms with Crippen LogP contribution in [0.5, 0.6) is 17.2 Å². The lowest BCUT2D eigenvalue weighted by atomic mass is 9.44. The molecule has 14 heteroatoms. The van der Waals surface area contributed by atoms with E-state index in [1.54, 1.807) is 29.8 Å². The predicted octanol–water partition coefficient (Wildman–Crippen LogP) is 6.94. The molecule has 352 valence electrons. The number of esters is 2. The zero-order valence-electron chi connectivity index (χ0n) is 40.4. The molecule has 0 aromatic heterocycles. The van der Waals surface area contributed by atoms with E-state index < -0.39 is 52.1 Å². The van der Waals surface area contributed by atoms with Crippen LogP contribution < -0.4 is 19.9 Å². The van der Waals surface area contributed by atoms with Crippen LogP contribution in [0, 0.1) is 29.1 Å². The van der Waals surface area contributed by atoms with Crippen LogP contribution in [-0.4, -0.2) is 108 Å². The van der Waals surface area contributed by atoms with Crippen LogP contribution in [0.25, 0.3) is 11.8 Å². The monoisotopic (exact) mass is 903 g/mol. The third-order valence-electron chi connectivity index (χ3n) is 15.0. The topological polar surface area (TPSA) is 174 Å². The van der Waals surface area contributed by atoms with Gasteiger partial charge in [-0.15, -0.1) is 0 Å². The largest absolute Gasteiger partial charge is 0.482 e. The molecule has 6 atom stereocenters. The Bertz CT molecular complexity index is 2520. The van der Waals surface area contributed by atoms with Gasteiger partial charge in [0, 0.05) is 80.5 Å². The highest BCUT2D eigenvalue weighted by Crippen LogP contribution is 2.74. The van der Waals surface area contributed by atoms with Crippen molar-refractivity contribution in [2.24, 2.45) is 23.5 Å². The first kappa shape index (κ1) is 46.9. The van der Waals surface area contributed by atoms with Gasteiger partial charge < -0.3 is 44.1 Å². The maximum Gasteiger partial charge on any atom is 0.333 e. The van der Waals surface area contributed by atoms with Crippen molar-refractivity contribution in [3.63, 3.8) is 0 Å². The van der Waals surface area contributed by atoms with Gasteiger partial charge in [-0.25, -0.2) is 4.79 Å². The number of ether oxygens (including phenoxy) is 5. The number of fused-ring (bicyclic) bond motifs is 3. The third kappa shape index (κ3) is 7.28. The summed E-state index contributed by atoms with van der Waals surface area (Å²) in [6, 6.07) is 2.38. The minimum Gasteiger partial charge on any atom is -0.482 e. The normalized spacial score (nSPS) is 29.0. The Morgan fingerprint density at radius 2 is 1.67 bits per heavy atom. The number of hydrogen-bond acceptors (Lipinski definition) is 13. The van der Waals surface area contributed by atoms with Gasteiger partial charge >= 0.3 is 11.9 Å². The maximum atomic E-state index is 15.5. The van der Waals surface area contributed by atoms with Gasteiger partial charge in [-0.2, -0.15) is 5.26 Å². The SMILES string of the molecule is COC(=O)/C(C)=C\CC12OC(C)(C)C3CC(C1=O)C1C(C#N)=C(N)N(C)C4=C1C32Oc1c(CC=C(C)C)c2c(c(OC(=O)CCC(=O)N3CCN(C)CC3)c14)C=CC(C)(CCC=C(C)C)O2. The number of amides is 1. The molecule has 3 saturated carbocycles. The van der Waals surface area contributed by atoms with Gasteiger partial charge in [0.05, 0.1) is 47.6 Å². The van der Waals surface area contributed by atoms with Crippen molar-refractivity contribution in [2.45, 2.75) is 123 Å². The van der Waals surface area contributed by atoms with E-state index >= 15 is 4.79 Å². The highest BCUT2D eigenvalue weighted by atomic mass is 16.6. The average Bonchev–Trinajstić information content (AvgIpc) is 3.41. The summed E-state index contributed by atoms with van der Waals surface area (Å²) >= 11 is 0. The van der Waals surface area contributed by atoms with Gasteiger partial charge in [-0.3, -0.25) is 14.4 Å². The molecule has 1 spiro atoms. The first-order valence-corrected chi connectivity index (χ1v) is 23.3. The zero-order valence-corrected chi connectivity index (χ0v) is 40.4. The molecule has 9 rings (SSSR count). The summed E-state index contributed by atoms with van der Waals surface area (Å²) in [6.07, 6.45) is 11.8. The summed E-state index contributed by atoms with van der Waals surface area (Å²) in [5, 5.41) is 10.9. The minimum absolute atomic E-state index is 0.0219. The fourth-order valence-electron chi connectivity index (χ4n) is 11.6. The summed E-state index contributed by atoms with van der Waals surface area (Å²) in [7, 11) is 5.11. The van der Waals surface area contributed by atoms with Crippen molar-refractivity contribution in [2.75, 3.05) is 47.4 Å². The Balaban J connectivity index is 1.40. The Labute approximate surface area is 388 Å². The molecule has 1 amide bonds. The summed E-state index contributed by atoms with van der Waals surface area (Å²) < 4.78 is 33.8. The van der Waals surface area contributed by atoms with Crippen LogP contribution >= 0.6 is 0 Å². The lowest BCUT2D eigenvalue weighted by Crippen LogP contribution is -2.75. The minimum atomic E-state index is -1.66. The second kappa shape index (κ2) is 16.9. The summed E-state index contributed by atoms with van der Waals surface area (Å²) in [4.78, 5) is 61.9. The molecule has 66 heavy (non-hydrogen) atoms. The molecule has 0 radical (unpaired) electrons. The first-order valence-electron chi connectivity index (χ1n) is 23.3. The standard InChI is InChI=1S/C52H65N5O9/c1-29(2)13-12-20-50(8)21-19-33-43(64-50)32(15-14-30(3)4)45-40(44(33)63-38(59)17-16-37(58)57-25-23-55(9)24-26-57)42-41-39(35(28-53)47(54)56(42)10)34-27-36-49(6,7)66-51(46(34)60,52(36,41)65-45)22-18-31(5)48(61)62-11/h13-14,18-19,21,34,36,39H,12,15-17,20,22-27,54H2,1-11H3/b31-18-. The zero-order chi connectivity index (χ0) is 47.8. The van der Waals surface area contributed by atoms with Crippen molar-refractivity contribution >= 4 is 35.4 Å². The number of allylic oxidation sites excluding steroid dienone is 5. The number of nitrogens with zero attached hydrogens (tertiary/aromatic N) is 4. The number of Topliss-reactive ketones (excluding diaryl/α,β-unsaturated/α-hetero) is 1. The highest BCUT2D eigenvalue weighted by Gasteiger charge is 2.84. The van der Waals surface area contributed by atoms with Crippen LogP contribution in [0.3, 0.4) is 0 Å². The highest BCUT2D eigenvalue weighted by molar-refractivity contribution is 6.02. The molecule has 2 N–H and O–H groups in total. The van der Waals surface area contributed by atoms with Crippen molar-refractivity contribution in [1.29, 1.82) is 5.26 Å². The molecule has 2 saturated heterocycles. The number of piperazine rings is 1. The van der Waals surface area contributed by atoms with Gasteiger partial charge in [-0.1, -0.05) is 29.4 Å². The fraction of sp³-hybridized carbons (Fsp3) is 0.558. The van der Waals surface area contributed by atoms with E-state index in [2.05, 4.69) is 37.0 Å². The third-order valence-corrected chi connectivity index (χ3v) is 15.0. The van der Waals surface area contributed by atoms with E-state index in [1.807, 2.05) is 53.8 Å². The number of likely N-dealkylation sites (N-methyl/N-ethyl adjacent to an activating group) is 1. The van der Waals surface area contributed by atoms with Gasteiger partial charge in [0.2, 0.25) is 5.91 Å². The summed E-state index contributed by atoms with van der Waals surface area (Å²) in [5.74, 6) is -2.26. The molecule has 4 bridgehead atoms. The van der Waals surface area contributed by atoms with Crippen LogP contribution in [-0.2, 0) is 35.1 Å². The number of nitriles is 1. The number of carbonyl (C=O) groups is 4. The Morgan fingerprint density at radius 3 is 2.32 bits per heavy atom. The van der Waals surface area contributed by atoms with E-state index in [1.165, 1.54) is 12.7 Å². The van der Waals surface area contributed by atoms with E-state index in [0.717, 1.165) is 25.1 Å². The molecule has 5 fully saturated rings. The summed E-state index contributed by atoms with van der Waals surface area (Å²) in [5.41, 5.74) is 7.76. The first-order chi connectivity index (χ1) is 31.1. The van der Waals surface area contributed by atoms with Gasteiger partial charge in [0.1, 0.15) is 22.9 Å². The molecule has 5 heterocycles. The van der Waals surface area contributed by atoms with E-state index in [-0.39, 0.29) is 48.1 Å². The Hall–Kier alpha value is -5.65. The number of methoxy groups -OCH3 is 1. The van der Waals surface area contributed by atoms with E-state index in [9.17, 15) is 19.6 Å². The number of ketones is 1. The smallest absolute Gasteiger partial charge is 0.333 e. The summed E-state index contributed by atoms with van der Waals surface area (Å²) in [6.45, 7) is 18.4. The van der Waals surface area contributed by atoms with Crippen LogP contribution in [0.15, 0.2) is 58.0 Å². The molecule has 8 aliphatic rings. The number of rotatable bonds is 12. The van der Waals surface area contributed by atoms with Gasteiger partial charge in [0.15, 0.2) is 22.7 Å². The van der Waals surface area contributed by atoms with Crippen molar-refractivity contribution in [3.8, 4) is 23.3 Å². The number of benzene rings is 1. The van der Waals surface area contributed by atoms with Crippen molar-refractivity contribution in [3.05, 3.63) is 74.7 Å². The molecule has 1 aromatic rings. The van der Waals surface area contributed by atoms with E-state index in [0.29, 0.717) is 77.4 Å². The Morgan fingerprint density at radius 1 is 0.970 bits per heavy atom. The molecular formula is C52H65N5O9. The fourth-order valence-corrected chi connectivity index (χ4v) is 11.6. The second-order valence-electron chi connectivity index (χ2n) is 20.4. The van der Waals surface area contributed by atoms with Crippen LogP contribution in [0.4, 0.5) is 0 Å². The number of nitrogens with two attached hydrogens (primary N) is 1. The van der Waals surface area contributed by atoms with Gasteiger partial charge in [0.25, 0.3) is 0 Å². The quantitative estimate of drug-likeness (QED) is 0.0990. The average molecular weight is 904 g/mol. The predicted molar refractivity (Wildman–Crippen MR) is 249 cm³/mol. The van der Waals surface area contributed by atoms with Crippen molar-refractivity contribution in [1.82, 2.24) is 14.7 Å². The van der Waals surface area contributed by atoms with Gasteiger partial charge in [-0.05, 0) is 100 Å². The molecule has 3 aliphatic carbocycles. The van der Waals surface area contributed by atoms with Crippen LogP contribution in [0.1, 0.15) is 111 Å². The lowest BCUT2D eigenvalue weighted by molar-refractivity contribution is -0.181. The molecule has 1 aromatic carbocycles. The van der Waals surface area contributed by atoms with Crippen molar-refractivity contribution < 1.29 is 42.9 Å². The molecular weight excluding hydrogens is 839 g/mol. The Kier molecular flexibility index (Phi) is 12.0. The lowest BCUT2D eigenvalue weighted by Gasteiger charge is -2.63. The molecule has 5 aliphatic heterocycles. The number of hydrogen-bond donors (Lipinski definition) is 1. The number of carbonyl (C=O) groups excluding carboxylic acids is 4. The van der Waals surface area contributed by atoms with E-state index in [4.69, 9.17) is 29.4 Å². The molecule has 14 nitrogen and oxygen atoms in total. The maximum absolute atomic E-state index is 15.5. The van der Waals surface area contributed by atoms with Crippen LogP contribution in [0.2, 0.25) is 0 Å².